The number of fused-ring (bicyclic) bond motifs is 1. The Morgan fingerprint density at radius 2 is 2.00 bits per heavy atom. The van der Waals surface area contributed by atoms with E-state index in [1.54, 1.807) is 11.5 Å². The molecule has 10 heteroatoms. The maximum Gasteiger partial charge on any atom is 0.274 e. The molecular formula is C22H21BrN2O7. The lowest BCUT2D eigenvalue weighted by Crippen LogP contribution is -2.32. The van der Waals surface area contributed by atoms with E-state index in [0.717, 1.165) is 6.07 Å². The molecule has 0 radical (unpaired) electrons. The van der Waals surface area contributed by atoms with Crippen LogP contribution in [-0.2, 0) is 0 Å². The molecule has 0 saturated carbocycles. The minimum absolute atomic E-state index is 0.0489. The van der Waals surface area contributed by atoms with E-state index < -0.39 is 17.1 Å². The third-order valence-corrected chi connectivity index (χ3v) is 6.63. The summed E-state index contributed by atoms with van der Waals surface area (Å²) in [4.78, 5) is 26.6. The van der Waals surface area contributed by atoms with Crippen LogP contribution in [0.4, 0.5) is 0 Å². The number of hydrogen-bond acceptors (Lipinski definition) is 8. The second kappa shape index (κ2) is 8.55. The maximum atomic E-state index is 12.9. The Labute approximate surface area is 190 Å². The van der Waals surface area contributed by atoms with Gasteiger partial charge in [-0.2, -0.15) is 0 Å². The predicted molar refractivity (Wildman–Crippen MR) is 119 cm³/mol. The predicted octanol–water partition coefficient (Wildman–Crippen LogP) is 2.53. The fourth-order valence-electron chi connectivity index (χ4n) is 4.34. The average Bonchev–Trinajstić information content (AvgIpc) is 3.12. The molecule has 168 valence electrons. The largest absolute Gasteiger partial charge is 0.507 e. The van der Waals surface area contributed by atoms with Crippen LogP contribution in [0.25, 0.3) is 22.3 Å². The molecule has 2 atom stereocenters. The number of aliphatic hydroxyl groups excluding tert-OH is 1. The normalized spacial score (nSPS) is 18.9. The van der Waals surface area contributed by atoms with Crippen molar-refractivity contribution in [2.24, 2.45) is 0 Å². The summed E-state index contributed by atoms with van der Waals surface area (Å²) in [6.45, 7) is 0.536. The highest BCUT2D eigenvalue weighted by atomic mass is 79.9. The minimum Gasteiger partial charge on any atom is -0.507 e. The van der Waals surface area contributed by atoms with E-state index >= 15 is 0 Å². The summed E-state index contributed by atoms with van der Waals surface area (Å²) in [6.07, 6.45) is 0.623. The lowest BCUT2D eigenvalue weighted by molar-refractivity contribution is 0.0706. The monoisotopic (exact) mass is 504 g/mol. The van der Waals surface area contributed by atoms with E-state index in [2.05, 4.69) is 15.9 Å². The van der Waals surface area contributed by atoms with Gasteiger partial charge in [-0.1, -0.05) is 15.9 Å². The average molecular weight is 505 g/mol. The van der Waals surface area contributed by atoms with E-state index in [4.69, 9.17) is 9.62 Å². The topological polar surface area (TPSA) is 143 Å². The van der Waals surface area contributed by atoms with Gasteiger partial charge in [0, 0.05) is 45.3 Å². The molecule has 32 heavy (non-hydrogen) atoms. The molecule has 1 aliphatic rings. The van der Waals surface area contributed by atoms with Gasteiger partial charge in [0.05, 0.1) is 6.61 Å². The van der Waals surface area contributed by atoms with Crippen LogP contribution in [0.1, 0.15) is 28.3 Å². The molecule has 0 aliphatic carbocycles. The van der Waals surface area contributed by atoms with Crippen LogP contribution in [0.3, 0.4) is 0 Å². The van der Waals surface area contributed by atoms with Gasteiger partial charge in [-0.05, 0) is 38.2 Å². The van der Waals surface area contributed by atoms with Crippen molar-refractivity contribution in [1.29, 1.82) is 0 Å². The first-order valence-electron chi connectivity index (χ1n) is 9.85. The van der Waals surface area contributed by atoms with Crippen LogP contribution in [0.2, 0.25) is 0 Å². The van der Waals surface area contributed by atoms with Crippen LogP contribution in [-0.4, -0.2) is 57.6 Å². The van der Waals surface area contributed by atoms with Crippen LogP contribution in [0, 0.1) is 0 Å². The lowest BCUT2D eigenvalue weighted by Gasteiger charge is -2.24. The summed E-state index contributed by atoms with van der Waals surface area (Å²) in [6, 6.07) is 6.51. The highest BCUT2D eigenvalue weighted by Crippen LogP contribution is 2.44. The SMILES string of the molecule is CN1CC[C@@H](c2c(O)cc(O)c3c(=O)cc(-c4ccc(C(=O)NO)cc4Br)oc23)[C@@H]1CO. The fraction of sp³-hybridized carbons (Fsp3) is 0.273. The number of aliphatic hydroxyl groups is 1. The van der Waals surface area contributed by atoms with Crippen molar-refractivity contribution in [3.63, 3.8) is 0 Å². The number of nitrogens with one attached hydrogen (secondary N) is 1. The number of carbonyl (C=O) groups excluding carboxylic acids is 1. The molecule has 5 N–H and O–H groups in total. The molecule has 2 heterocycles. The van der Waals surface area contributed by atoms with Gasteiger partial charge in [-0.25, -0.2) is 5.48 Å². The van der Waals surface area contributed by atoms with E-state index in [0.29, 0.717) is 28.6 Å². The minimum atomic E-state index is -0.699. The summed E-state index contributed by atoms with van der Waals surface area (Å²) >= 11 is 3.35. The van der Waals surface area contributed by atoms with Crippen molar-refractivity contribution in [2.45, 2.75) is 18.4 Å². The van der Waals surface area contributed by atoms with Crippen molar-refractivity contribution in [1.82, 2.24) is 10.4 Å². The zero-order chi connectivity index (χ0) is 23.2. The van der Waals surface area contributed by atoms with Gasteiger partial charge >= 0.3 is 0 Å². The number of likely N-dealkylation sites (N-methyl/N-ethyl adjacent to an activating group) is 1. The van der Waals surface area contributed by atoms with Gasteiger partial charge in [0.1, 0.15) is 28.2 Å². The Morgan fingerprint density at radius 1 is 1.25 bits per heavy atom. The molecule has 2 aromatic carbocycles. The number of likely N-dealkylation sites (tertiary alicyclic amines) is 1. The quantitative estimate of drug-likeness (QED) is 0.269. The number of benzene rings is 2. The zero-order valence-electron chi connectivity index (χ0n) is 17.0. The number of aromatic hydroxyl groups is 2. The van der Waals surface area contributed by atoms with E-state index in [1.165, 1.54) is 18.2 Å². The zero-order valence-corrected chi connectivity index (χ0v) is 18.6. The van der Waals surface area contributed by atoms with Crippen molar-refractivity contribution in [2.75, 3.05) is 20.2 Å². The third-order valence-electron chi connectivity index (χ3n) is 5.98. The number of amides is 1. The maximum absolute atomic E-state index is 12.9. The van der Waals surface area contributed by atoms with Gasteiger partial charge < -0.3 is 24.6 Å². The number of hydrogen-bond donors (Lipinski definition) is 5. The van der Waals surface area contributed by atoms with Crippen molar-refractivity contribution in [3.05, 3.63) is 56.2 Å². The Balaban J connectivity index is 1.95. The lowest BCUT2D eigenvalue weighted by atomic mass is 9.89. The van der Waals surface area contributed by atoms with Crippen LogP contribution in [0.15, 0.2) is 44.0 Å². The number of halogens is 1. The van der Waals surface area contributed by atoms with Gasteiger partial charge in [-0.3, -0.25) is 14.8 Å². The summed E-state index contributed by atoms with van der Waals surface area (Å²) < 4.78 is 6.50. The molecule has 3 aromatic rings. The Kier molecular flexibility index (Phi) is 5.95. The highest BCUT2D eigenvalue weighted by molar-refractivity contribution is 9.10. The smallest absolute Gasteiger partial charge is 0.274 e. The summed E-state index contributed by atoms with van der Waals surface area (Å²) in [5.74, 6) is -1.48. The van der Waals surface area contributed by atoms with E-state index in [9.17, 15) is 24.9 Å². The Bertz CT molecular complexity index is 1270. The van der Waals surface area contributed by atoms with Crippen LogP contribution < -0.4 is 10.9 Å². The molecule has 0 spiro atoms. The van der Waals surface area contributed by atoms with Crippen LogP contribution in [0.5, 0.6) is 11.5 Å². The van der Waals surface area contributed by atoms with Gasteiger partial charge in [0.15, 0.2) is 5.43 Å². The highest BCUT2D eigenvalue weighted by Gasteiger charge is 2.36. The molecule has 0 unspecified atom stereocenters. The summed E-state index contributed by atoms with van der Waals surface area (Å²) in [5, 5.41) is 39.7. The molecule has 4 rings (SSSR count). The molecule has 1 aromatic heterocycles. The molecule has 9 nitrogen and oxygen atoms in total. The van der Waals surface area contributed by atoms with Gasteiger partial charge in [-0.15, -0.1) is 0 Å². The van der Waals surface area contributed by atoms with Gasteiger partial charge in [0.2, 0.25) is 0 Å². The molecule has 1 saturated heterocycles. The Morgan fingerprint density at radius 3 is 2.66 bits per heavy atom. The first-order chi connectivity index (χ1) is 15.3. The molecule has 1 amide bonds. The van der Waals surface area contributed by atoms with E-state index in [1.807, 2.05) is 11.9 Å². The second-order valence-corrected chi connectivity index (χ2v) is 8.62. The van der Waals surface area contributed by atoms with Crippen LogP contribution >= 0.6 is 15.9 Å². The number of carbonyl (C=O) groups is 1. The Hall–Kier alpha value is -2.92. The number of phenols is 2. The first-order valence-corrected chi connectivity index (χ1v) is 10.6. The molecular weight excluding hydrogens is 484 g/mol. The van der Waals surface area contributed by atoms with Crippen molar-refractivity contribution in [3.8, 4) is 22.8 Å². The fourth-order valence-corrected chi connectivity index (χ4v) is 4.92. The standard InChI is InChI=1S/C22H21BrN2O7/c1-25-5-4-12(14(25)9-26)19-15(27)7-16(28)20-17(29)8-18(32-21(19)20)11-3-2-10(6-13(11)23)22(30)24-31/h2-3,6-8,12,14,26-28,31H,4-5,9H2,1H3,(H,24,30)/t12-,14+/m1/s1. The van der Waals surface area contributed by atoms with Crippen molar-refractivity contribution >= 4 is 32.8 Å². The molecule has 1 fully saturated rings. The first kappa shape index (κ1) is 22.3. The number of phenolic OH excluding ortho intramolecular Hbond substituents is 2. The van der Waals surface area contributed by atoms with E-state index in [-0.39, 0.29) is 46.6 Å². The van der Waals surface area contributed by atoms with Gasteiger partial charge in [0.25, 0.3) is 5.91 Å². The summed E-state index contributed by atoms with van der Waals surface area (Å²) in [7, 11) is 1.86. The number of hydroxylamine groups is 1. The molecule has 1 aliphatic heterocycles. The number of rotatable bonds is 4. The third kappa shape index (κ3) is 3.65. The van der Waals surface area contributed by atoms with Crippen molar-refractivity contribution < 1.29 is 29.7 Å². The second-order valence-electron chi connectivity index (χ2n) is 7.77. The summed E-state index contributed by atoms with van der Waals surface area (Å²) in [5.41, 5.74) is 2.09. The molecule has 0 bridgehead atoms. The number of nitrogens with zero attached hydrogens (tertiary/aromatic N) is 1.